The number of carbonyl (C=O) groups is 1. The standard InChI is InChI=1S/C28H37BN4O3/c1-27(2)21-16-22(27)28(3)23(17-21)35-29(36-28)24(13-8-14-32-26(30)31)33-25(34)20-12-7-11-19(15-20)18-9-5-4-6-10-18/h4-7,9-12,15,21-24H,8,13-14,16-17H2,1-3H3,(H,33,34)(H4,30,31,32)/t21?,22?,23-,24+,28+/m1/s1. The van der Waals surface area contributed by atoms with Crippen LogP contribution in [0.4, 0.5) is 0 Å². The smallest absolute Gasteiger partial charge is 0.404 e. The van der Waals surface area contributed by atoms with Gasteiger partial charge in [0, 0.05) is 12.1 Å². The molecule has 0 aromatic heterocycles. The third kappa shape index (κ3) is 4.52. The Balaban J connectivity index is 1.33. The zero-order chi connectivity index (χ0) is 25.5. The second-order valence-electron chi connectivity index (χ2n) is 11.3. The first-order valence-corrected chi connectivity index (χ1v) is 13.0. The van der Waals surface area contributed by atoms with E-state index >= 15 is 0 Å². The molecule has 2 bridgehead atoms. The molecule has 3 aliphatic carbocycles. The molecule has 36 heavy (non-hydrogen) atoms. The van der Waals surface area contributed by atoms with Gasteiger partial charge in [0.1, 0.15) is 0 Å². The van der Waals surface area contributed by atoms with Gasteiger partial charge < -0.3 is 26.1 Å². The van der Waals surface area contributed by atoms with Crippen molar-refractivity contribution in [3.63, 3.8) is 0 Å². The zero-order valence-corrected chi connectivity index (χ0v) is 21.4. The number of carbonyl (C=O) groups excluding carboxylic acids is 1. The summed E-state index contributed by atoms with van der Waals surface area (Å²) in [5.74, 6) is 0.742. The van der Waals surface area contributed by atoms with Crippen LogP contribution in [0.1, 0.15) is 56.8 Å². The summed E-state index contributed by atoms with van der Waals surface area (Å²) in [6, 6.07) is 17.8. The van der Waals surface area contributed by atoms with Crippen molar-refractivity contribution in [2.24, 2.45) is 33.7 Å². The number of nitrogens with one attached hydrogen (secondary N) is 1. The van der Waals surface area contributed by atoms with Gasteiger partial charge in [-0.05, 0) is 73.1 Å². The van der Waals surface area contributed by atoms with Gasteiger partial charge in [-0.2, -0.15) is 0 Å². The maximum absolute atomic E-state index is 13.4. The van der Waals surface area contributed by atoms with Crippen LogP contribution in [0, 0.1) is 17.3 Å². The number of nitrogens with zero attached hydrogens (tertiary/aromatic N) is 1. The van der Waals surface area contributed by atoms with Gasteiger partial charge in [-0.3, -0.25) is 9.79 Å². The Labute approximate surface area is 214 Å². The highest BCUT2D eigenvalue weighted by Crippen LogP contribution is 2.65. The number of guanidine groups is 1. The van der Waals surface area contributed by atoms with Gasteiger partial charge in [0.2, 0.25) is 0 Å². The van der Waals surface area contributed by atoms with Crippen molar-refractivity contribution in [2.45, 2.75) is 64.1 Å². The van der Waals surface area contributed by atoms with Crippen molar-refractivity contribution >= 4 is 19.0 Å². The molecule has 4 fully saturated rings. The van der Waals surface area contributed by atoms with E-state index in [9.17, 15) is 4.79 Å². The lowest BCUT2D eigenvalue weighted by Crippen LogP contribution is -2.65. The molecule has 4 aliphatic rings. The molecule has 3 saturated carbocycles. The van der Waals surface area contributed by atoms with Crippen molar-refractivity contribution in [1.29, 1.82) is 0 Å². The van der Waals surface area contributed by atoms with Gasteiger partial charge in [-0.15, -0.1) is 0 Å². The monoisotopic (exact) mass is 488 g/mol. The fourth-order valence-electron chi connectivity index (χ4n) is 6.59. The minimum Gasteiger partial charge on any atom is -0.404 e. The largest absolute Gasteiger partial charge is 0.481 e. The maximum Gasteiger partial charge on any atom is 0.481 e. The predicted octanol–water partition coefficient (Wildman–Crippen LogP) is 3.77. The molecule has 1 aliphatic heterocycles. The number of benzene rings is 2. The molecule has 5 atom stereocenters. The van der Waals surface area contributed by atoms with E-state index in [4.69, 9.17) is 20.8 Å². The van der Waals surface area contributed by atoms with E-state index in [1.165, 1.54) is 6.42 Å². The van der Waals surface area contributed by atoms with Crippen LogP contribution < -0.4 is 16.8 Å². The van der Waals surface area contributed by atoms with Gasteiger partial charge in [-0.1, -0.05) is 56.3 Å². The molecule has 0 radical (unpaired) electrons. The summed E-state index contributed by atoms with van der Waals surface area (Å²) in [5.41, 5.74) is 13.6. The van der Waals surface area contributed by atoms with Crippen molar-refractivity contribution < 1.29 is 14.1 Å². The van der Waals surface area contributed by atoms with Crippen LogP contribution in [0.25, 0.3) is 11.1 Å². The summed E-state index contributed by atoms with van der Waals surface area (Å²) in [6.07, 6.45) is 3.59. The summed E-state index contributed by atoms with van der Waals surface area (Å²) in [7, 11) is -0.504. The normalized spacial score (nSPS) is 28.5. The van der Waals surface area contributed by atoms with E-state index in [-0.39, 0.29) is 34.9 Å². The fraction of sp³-hybridized carbons (Fsp3) is 0.500. The minimum absolute atomic E-state index is 0.0535. The van der Waals surface area contributed by atoms with Gasteiger partial charge in [0.15, 0.2) is 5.96 Å². The van der Waals surface area contributed by atoms with Crippen molar-refractivity contribution in [3.8, 4) is 11.1 Å². The first-order chi connectivity index (χ1) is 17.2. The number of amides is 1. The molecule has 8 heteroatoms. The minimum atomic E-state index is -0.504. The molecule has 2 aromatic carbocycles. The average Bonchev–Trinajstić information content (AvgIpc) is 3.23. The Morgan fingerprint density at radius 3 is 2.58 bits per heavy atom. The van der Waals surface area contributed by atoms with Gasteiger partial charge in [-0.25, -0.2) is 0 Å². The Morgan fingerprint density at radius 1 is 1.11 bits per heavy atom. The van der Waals surface area contributed by atoms with E-state index in [1.54, 1.807) is 0 Å². The Kier molecular flexibility index (Phi) is 6.60. The van der Waals surface area contributed by atoms with Crippen LogP contribution in [0.3, 0.4) is 0 Å². The third-order valence-corrected chi connectivity index (χ3v) is 8.81. The molecule has 7 nitrogen and oxygen atoms in total. The molecular weight excluding hydrogens is 451 g/mol. The number of rotatable bonds is 8. The van der Waals surface area contributed by atoms with Crippen LogP contribution in [0.15, 0.2) is 59.6 Å². The summed E-state index contributed by atoms with van der Waals surface area (Å²) in [6.45, 7) is 7.38. The van der Waals surface area contributed by atoms with E-state index in [1.807, 2.05) is 54.6 Å². The maximum atomic E-state index is 13.4. The van der Waals surface area contributed by atoms with E-state index in [0.717, 1.165) is 17.5 Å². The number of aliphatic imine (C=N–C) groups is 1. The highest BCUT2D eigenvalue weighted by Gasteiger charge is 2.68. The molecule has 2 unspecified atom stereocenters. The quantitative estimate of drug-likeness (QED) is 0.227. The average molecular weight is 488 g/mol. The van der Waals surface area contributed by atoms with Crippen LogP contribution in [0.5, 0.6) is 0 Å². The molecule has 1 heterocycles. The molecule has 2 aromatic rings. The topological polar surface area (TPSA) is 112 Å². The lowest BCUT2D eigenvalue weighted by atomic mass is 9.43. The second kappa shape index (κ2) is 9.56. The summed E-state index contributed by atoms with van der Waals surface area (Å²) in [4.78, 5) is 17.5. The second-order valence-corrected chi connectivity index (χ2v) is 11.3. The van der Waals surface area contributed by atoms with E-state index in [0.29, 0.717) is 36.8 Å². The van der Waals surface area contributed by atoms with Crippen molar-refractivity contribution in [1.82, 2.24) is 5.32 Å². The highest BCUT2D eigenvalue weighted by molar-refractivity contribution is 6.48. The molecular formula is C28H37BN4O3. The zero-order valence-electron chi connectivity index (χ0n) is 21.4. The summed E-state index contributed by atoms with van der Waals surface area (Å²) >= 11 is 0. The third-order valence-electron chi connectivity index (χ3n) is 8.81. The van der Waals surface area contributed by atoms with Crippen molar-refractivity contribution in [2.75, 3.05) is 6.54 Å². The molecule has 1 amide bonds. The van der Waals surface area contributed by atoms with Crippen LogP contribution >= 0.6 is 0 Å². The lowest BCUT2D eigenvalue weighted by Gasteiger charge is -2.64. The Morgan fingerprint density at radius 2 is 1.86 bits per heavy atom. The molecule has 6 rings (SSSR count). The lowest BCUT2D eigenvalue weighted by molar-refractivity contribution is -0.199. The van der Waals surface area contributed by atoms with Crippen LogP contribution in [-0.4, -0.2) is 43.2 Å². The van der Waals surface area contributed by atoms with Crippen LogP contribution in [-0.2, 0) is 9.31 Å². The van der Waals surface area contributed by atoms with E-state index in [2.05, 4.69) is 31.1 Å². The Bertz CT molecular complexity index is 1140. The summed E-state index contributed by atoms with van der Waals surface area (Å²) < 4.78 is 13.2. The van der Waals surface area contributed by atoms with Gasteiger partial charge in [0.05, 0.1) is 17.6 Å². The molecule has 190 valence electrons. The SMILES string of the molecule is CC1(C)C2CC1[C@]1(C)OB([C@H](CCCN=C(N)N)NC(=O)c3cccc(-c4ccccc4)c3)O[C@@H]1C2. The Hall–Kier alpha value is -2.84. The van der Waals surface area contributed by atoms with Crippen molar-refractivity contribution in [3.05, 3.63) is 60.2 Å². The van der Waals surface area contributed by atoms with Crippen LogP contribution in [0.2, 0.25) is 0 Å². The van der Waals surface area contributed by atoms with Gasteiger partial charge in [0.25, 0.3) is 5.91 Å². The first-order valence-electron chi connectivity index (χ1n) is 13.0. The first kappa shape index (κ1) is 24.8. The highest BCUT2D eigenvalue weighted by atomic mass is 16.7. The molecule has 5 N–H and O–H groups in total. The fourth-order valence-corrected chi connectivity index (χ4v) is 6.59. The van der Waals surface area contributed by atoms with E-state index < -0.39 is 7.12 Å². The molecule has 0 spiro atoms. The van der Waals surface area contributed by atoms with Gasteiger partial charge >= 0.3 is 7.12 Å². The number of hydrogen-bond donors (Lipinski definition) is 3. The number of hydrogen-bond acceptors (Lipinski definition) is 4. The molecule has 1 saturated heterocycles. The number of nitrogens with two attached hydrogens (primary N) is 2. The summed E-state index contributed by atoms with van der Waals surface area (Å²) in [5, 5.41) is 3.22. The predicted molar refractivity (Wildman–Crippen MR) is 143 cm³/mol.